The van der Waals surface area contributed by atoms with Gasteiger partial charge in [-0.15, -0.1) is 11.3 Å². The Bertz CT molecular complexity index is 658. The smallest absolute Gasteiger partial charge is 0.270 e. The van der Waals surface area contributed by atoms with E-state index >= 15 is 0 Å². The molecule has 24 heavy (non-hydrogen) atoms. The van der Waals surface area contributed by atoms with E-state index in [1.807, 2.05) is 37.3 Å². The molecular formula is C17H21N3O3S. The molecule has 6 nitrogen and oxygen atoms in total. The van der Waals surface area contributed by atoms with E-state index in [1.54, 1.807) is 5.38 Å². The Morgan fingerprint density at radius 3 is 2.79 bits per heavy atom. The predicted molar refractivity (Wildman–Crippen MR) is 94.3 cm³/mol. The number of nitrogens with one attached hydrogen (secondary N) is 2. The first-order valence-corrected chi connectivity index (χ1v) is 8.72. The van der Waals surface area contributed by atoms with Gasteiger partial charge < -0.3 is 15.4 Å². The van der Waals surface area contributed by atoms with Crippen LogP contribution in [0.2, 0.25) is 0 Å². The number of carbonyl (C=O) groups excluding carboxylic acids is 2. The summed E-state index contributed by atoms with van der Waals surface area (Å²) < 4.78 is 5.21. The van der Waals surface area contributed by atoms with E-state index in [0.717, 1.165) is 12.0 Å². The van der Waals surface area contributed by atoms with Gasteiger partial charge in [0.2, 0.25) is 5.91 Å². The topological polar surface area (TPSA) is 80.3 Å². The highest BCUT2D eigenvalue weighted by Crippen LogP contribution is 2.15. The summed E-state index contributed by atoms with van der Waals surface area (Å²) in [5.74, 6) is -0.398. The van der Waals surface area contributed by atoms with Crippen LogP contribution in [0.5, 0.6) is 0 Å². The fourth-order valence-electron chi connectivity index (χ4n) is 1.99. The summed E-state index contributed by atoms with van der Waals surface area (Å²) in [6.45, 7) is 3.76. The van der Waals surface area contributed by atoms with Crippen molar-refractivity contribution in [2.24, 2.45) is 0 Å². The summed E-state index contributed by atoms with van der Waals surface area (Å²) in [5.41, 5.74) is 1.24. The normalized spacial score (nSPS) is 10.4. The number of ether oxygens (including phenoxy) is 1. The van der Waals surface area contributed by atoms with Crippen LogP contribution >= 0.6 is 11.3 Å². The molecule has 0 bridgehead atoms. The van der Waals surface area contributed by atoms with E-state index in [2.05, 4.69) is 15.6 Å². The van der Waals surface area contributed by atoms with Crippen molar-refractivity contribution >= 4 is 28.3 Å². The van der Waals surface area contributed by atoms with Crippen LogP contribution in [0.25, 0.3) is 0 Å². The monoisotopic (exact) mass is 347 g/mol. The number of rotatable bonds is 9. The first-order valence-electron chi connectivity index (χ1n) is 7.84. The second-order valence-electron chi connectivity index (χ2n) is 5.05. The van der Waals surface area contributed by atoms with Crippen molar-refractivity contribution < 1.29 is 14.3 Å². The number of carbonyl (C=O) groups is 2. The Balaban J connectivity index is 1.77. The van der Waals surface area contributed by atoms with E-state index in [-0.39, 0.29) is 18.2 Å². The Kier molecular flexibility index (Phi) is 7.38. The van der Waals surface area contributed by atoms with Gasteiger partial charge in [0, 0.05) is 25.1 Å². The molecule has 1 heterocycles. The fraction of sp³-hybridized carbons (Fsp3) is 0.353. The van der Waals surface area contributed by atoms with Crippen LogP contribution in [0.4, 0.5) is 5.13 Å². The van der Waals surface area contributed by atoms with Gasteiger partial charge in [0.25, 0.3) is 5.91 Å². The molecule has 0 saturated carbocycles. The molecule has 0 aliphatic rings. The molecule has 0 saturated heterocycles. The number of aromatic nitrogens is 1. The first kappa shape index (κ1) is 18.1. The minimum atomic E-state index is -0.244. The Hall–Kier alpha value is -2.25. The molecule has 1 aromatic carbocycles. The number of thiazole rings is 1. The third-order valence-corrected chi connectivity index (χ3v) is 3.90. The summed E-state index contributed by atoms with van der Waals surface area (Å²) in [6.07, 6.45) is 1.03. The highest BCUT2D eigenvalue weighted by atomic mass is 32.1. The lowest BCUT2D eigenvalue weighted by molar-refractivity contribution is -0.115. The Morgan fingerprint density at radius 1 is 1.25 bits per heavy atom. The third-order valence-electron chi connectivity index (χ3n) is 3.15. The number of benzene rings is 1. The maximum atomic E-state index is 12.0. The quantitative estimate of drug-likeness (QED) is 0.683. The molecule has 0 unspecified atom stereocenters. The van der Waals surface area contributed by atoms with E-state index in [1.165, 1.54) is 11.3 Å². The van der Waals surface area contributed by atoms with Crippen molar-refractivity contribution in [3.63, 3.8) is 0 Å². The molecule has 0 aliphatic heterocycles. The molecule has 0 atom stereocenters. The second-order valence-corrected chi connectivity index (χ2v) is 5.91. The summed E-state index contributed by atoms with van der Waals surface area (Å²) in [5, 5.41) is 7.56. The summed E-state index contributed by atoms with van der Waals surface area (Å²) in [6, 6.07) is 9.46. The van der Waals surface area contributed by atoms with Crippen molar-refractivity contribution in [2.45, 2.75) is 19.8 Å². The molecule has 2 N–H and O–H groups in total. The van der Waals surface area contributed by atoms with Gasteiger partial charge in [-0.1, -0.05) is 30.3 Å². The van der Waals surface area contributed by atoms with Gasteiger partial charge in [0.1, 0.15) is 5.69 Å². The zero-order valence-electron chi connectivity index (χ0n) is 13.6. The van der Waals surface area contributed by atoms with Crippen LogP contribution in [-0.4, -0.2) is 36.6 Å². The van der Waals surface area contributed by atoms with Gasteiger partial charge in [0.05, 0.1) is 6.42 Å². The van der Waals surface area contributed by atoms with Gasteiger partial charge in [-0.2, -0.15) is 0 Å². The molecule has 0 radical (unpaired) electrons. The van der Waals surface area contributed by atoms with E-state index < -0.39 is 0 Å². The second kappa shape index (κ2) is 9.79. The van der Waals surface area contributed by atoms with Crippen LogP contribution in [-0.2, 0) is 16.0 Å². The zero-order chi connectivity index (χ0) is 17.2. The maximum absolute atomic E-state index is 12.0. The molecule has 128 valence electrons. The average Bonchev–Trinajstić information content (AvgIpc) is 3.04. The lowest BCUT2D eigenvalue weighted by Crippen LogP contribution is -2.25. The molecule has 0 fully saturated rings. The number of nitrogens with zero attached hydrogens (tertiary/aromatic N) is 1. The minimum absolute atomic E-state index is 0.153. The summed E-state index contributed by atoms with van der Waals surface area (Å²) in [7, 11) is 0. The van der Waals surface area contributed by atoms with Crippen molar-refractivity contribution in [1.82, 2.24) is 10.3 Å². The summed E-state index contributed by atoms with van der Waals surface area (Å²) in [4.78, 5) is 28.1. The molecule has 2 rings (SSSR count). The van der Waals surface area contributed by atoms with Crippen LogP contribution in [0.3, 0.4) is 0 Å². The van der Waals surface area contributed by atoms with Gasteiger partial charge in [-0.05, 0) is 18.9 Å². The molecule has 7 heteroatoms. The lowest BCUT2D eigenvalue weighted by Gasteiger charge is -2.03. The van der Waals surface area contributed by atoms with Crippen LogP contribution in [0.1, 0.15) is 29.4 Å². The predicted octanol–water partition coefficient (Wildman–Crippen LogP) is 2.48. The third kappa shape index (κ3) is 6.10. The standard InChI is InChI=1S/C17H21N3O3S/c1-2-23-10-6-9-18-16(22)14-12-24-17(19-14)20-15(21)11-13-7-4-3-5-8-13/h3-5,7-8,12H,2,6,9-11H2,1H3,(H,18,22)(H,19,20,21). The maximum Gasteiger partial charge on any atom is 0.270 e. The van der Waals surface area contributed by atoms with Crippen molar-refractivity contribution in [1.29, 1.82) is 0 Å². The number of hydrogen-bond acceptors (Lipinski definition) is 5. The molecule has 0 spiro atoms. The minimum Gasteiger partial charge on any atom is -0.382 e. The highest BCUT2D eigenvalue weighted by Gasteiger charge is 2.12. The molecule has 2 aromatic rings. The van der Waals surface area contributed by atoms with Crippen LogP contribution < -0.4 is 10.6 Å². The SMILES string of the molecule is CCOCCCNC(=O)c1csc(NC(=O)Cc2ccccc2)n1. The number of hydrogen-bond donors (Lipinski definition) is 2. The van der Waals surface area contributed by atoms with Crippen LogP contribution in [0.15, 0.2) is 35.7 Å². The molecule has 2 amide bonds. The van der Waals surface area contributed by atoms with E-state index in [4.69, 9.17) is 4.74 Å². The van der Waals surface area contributed by atoms with E-state index in [0.29, 0.717) is 30.6 Å². The lowest BCUT2D eigenvalue weighted by atomic mass is 10.1. The molecule has 1 aromatic heterocycles. The first-order chi connectivity index (χ1) is 11.7. The van der Waals surface area contributed by atoms with E-state index in [9.17, 15) is 9.59 Å². The number of amides is 2. The summed E-state index contributed by atoms with van der Waals surface area (Å²) >= 11 is 1.24. The fourth-order valence-corrected chi connectivity index (χ4v) is 2.70. The van der Waals surface area contributed by atoms with Gasteiger partial charge in [-0.25, -0.2) is 4.98 Å². The van der Waals surface area contributed by atoms with Crippen molar-refractivity contribution in [3.05, 3.63) is 47.0 Å². The van der Waals surface area contributed by atoms with Gasteiger partial charge in [-0.3, -0.25) is 9.59 Å². The van der Waals surface area contributed by atoms with Crippen LogP contribution in [0, 0.1) is 0 Å². The molecule has 0 aliphatic carbocycles. The number of anilines is 1. The molecular weight excluding hydrogens is 326 g/mol. The largest absolute Gasteiger partial charge is 0.382 e. The Morgan fingerprint density at radius 2 is 2.04 bits per heavy atom. The Labute approximate surface area is 145 Å². The average molecular weight is 347 g/mol. The zero-order valence-corrected chi connectivity index (χ0v) is 14.4. The van der Waals surface area contributed by atoms with Crippen molar-refractivity contribution in [2.75, 3.05) is 25.1 Å². The van der Waals surface area contributed by atoms with Gasteiger partial charge >= 0.3 is 0 Å². The van der Waals surface area contributed by atoms with Gasteiger partial charge in [0.15, 0.2) is 5.13 Å². The highest BCUT2D eigenvalue weighted by molar-refractivity contribution is 7.14. The van der Waals surface area contributed by atoms with Crippen molar-refractivity contribution in [3.8, 4) is 0 Å².